The van der Waals surface area contributed by atoms with Gasteiger partial charge in [-0.15, -0.1) is 0 Å². The zero-order chi connectivity index (χ0) is 14.8. The van der Waals surface area contributed by atoms with Gasteiger partial charge in [-0.25, -0.2) is 0 Å². The average Bonchev–Trinajstić information content (AvgIpc) is 2.42. The van der Waals surface area contributed by atoms with Crippen LogP contribution < -0.4 is 0 Å². The zero-order valence-corrected chi connectivity index (χ0v) is 11.1. The first kappa shape index (κ1) is 18.7. The summed E-state index contributed by atoms with van der Waals surface area (Å²) < 4.78 is 4.88. The Kier molecular flexibility index (Phi) is 10.3. The monoisotopic (exact) mass is 283 g/mol. The molecule has 6 N–H and O–H groups in total. The van der Waals surface area contributed by atoms with Crippen LogP contribution in [0.3, 0.4) is 0 Å². The molecule has 19 heavy (non-hydrogen) atoms. The SMILES string of the molecule is COCCN(C[C@H](O)[C@H](O)CO)C[C@H](O)[C@H](O)CO. The summed E-state index contributed by atoms with van der Waals surface area (Å²) in [5, 5.41) is 55.2. The van der Waals surface area contributed by atoms with E-state index in [1.807, 2.05) is 0 Å². The number of ether oxygens (including phenoxy) is 1. The quantitative estimate of drug-likeness (QED) is 0.229. The summed E-state index contributed by atoms with van der Waals surface area (Å²) >= 11 is 0. The fraction of sp³-hybridized carbons (Fsp3) is 1.00. The van der Waals surface area contributed by atoms with Gasteiger partial charge in [0.05, 0.1) is 32.0 Å². The highest BCUT2D eigenvalue weighted by molar-refractivity contribution is 4.76. The molecule has 0 aliphatic heterocycles. The van der Waals surface area contributed by atoms with E-state index in [9.17, 15) is 20.4 Å². The highest BCUT2D eigenvalue weighted by atomic mass is 16.5. The summed E-state index contributed by atoms with van der Waals surface area (Å²) in [5.41, 5.74) is 0. The van der Waals surface area contributed by atoms with E-state index in [-0.39, 0.29) is 13.1 Å². The largest absolute Gasteiger partial charge is 0.394 e. The Morgan fingerprint density at radius 3 is 1.58 bits per heavy atom. The smallest absolute Gasteiger partial charge is 0.104 e. The molecule has 0 aromatic carbocycles. The molecule has 116 valence electrons. The molecule has 0 saturated heterocycles. The molecule has 0 rings (SSSR count). The Labute approximate surface area is 112 Å². The molecular formula is C11H25NO7. The first-order valence-electron chi connectivity index (χ1n) is 6.11. The Hall–Kier alpha value is -0.320. The third kappa shape index (κ3) is 7.75. The van der Waals surface area contributed by atoms with Crippen LogP contribution in [0.25, 0.3) is 0 Å². The van der Waals surface area contributed by atoms with Crippen LogP contribution in [0.15, 0.2) is 0 Å². The van der Waals surface area contributed by atoms with Crippen molar-refractivity contribution in [2.45, 2.75) is 24.4 Å². The van der Waals surface area contributed by atoms with Crippen molar-refractivity contribution in [3.63, 3.8) is 0 Å². The van der Waals surface area contributed by atoms with E-state index >= 15 is 0 Å². The normalized spacial score (nSPS) is 18.3. The predicted octanol–water partition coefficient (Wildman–Crippen LogP) is -3.64. The van der Waals surface area contributed by atoms with Crippen LogP contribution in [0.2, 0.25) is 0 Å². The lowest BCUT2D eigenvalue weighted by Gasteiger charge is -2.29. The van der Waals surface area contributed by atoms with Gasteiger partial charge in [-0.1, -0.05) is 0 Å². The molecular weight excluding hydrogens is 258 g/mol. The topological polar surface area (TPSA) is 134 Å². The van der Waals surface area contributed by atoms with Crippen molar-refractivity contribution in [2.24, 2.45) is 0 Å². The minimum absolute atomic E-state index is 0.000293. The minimum Gasteiger partial charge on any atom is -0.394 e. The van der Waals surface area contributed by atoms with E-state index in [0.29, 0.717) is 13.2 Å². The predicted molar refractivity (Wildman–Crippen MR) is 66.5 cm³/mol. The van der Waals surface area contributed by atoms with Gasteiger partial charge in [0.15, 0.2) is 0 Å². The Morgan fingerprint density at radius 1 is 0.842 bits per heavy atom. The molecule has 0 unspecified atom stereocenters. The third-order valence-electron chi connectivity index (χ3n) is 2.76. The molecule has 0 bridgehead atoms. The summed E-state index contributed by atoms with van der Waals surface area (Å²) in [7, 11) is 1.50. The van der Waals surface area contributed by atoms with Crippen LogP contribution in [0.4, 0.5) is 0 Å². The highest BCUT2D eigenvalue weighted by Crippen LogP contribution is 2.02. The van der Waals surface area contributed by atoms with Crippen LogP contribution in [0.5, 0.6) is 0 Å². The summed E-state index contributed by atoms with van der Waals surface area (Å²) in [6, 6.07) is 0. The average molecular weight is 283 g/mol. The molecule has 8 heteroatoms. The van der Waals surface area contributed by atoms with Gasteiger partial charge in [0.25, 0.3) is 0 Å². The molecule has 0 amide bonds. The number of hydrogen-bond donors (Lipinski definition) is 6. The third-order valence-corrected chi connectivity index (χ3v) is 2.76. The van der Waals surface area contributed by atoms with Gasteiger partial charge in [-0.3, -0.25) is 4.90 Å². The number of aliphatic hydroxyl groups excluding tert-OH is 6. The molecule has 0 fully saturated rings. The van der Waals surface area contributed by atoms with E-state index in [1.165, 1.54) is 7.11 Å². The van der Waals surface area contributed by atoms with Crippen LogP contribution in [0, 0.1) is 0 Å². The van der Waals surface area contributed by atoms with Crippen LogP contribution >= 0.6 is 0 Å². The summed E-state index contributed by atoms with van der Waals surface area (Å²) in [6.07, 6.45) is -4.91. The molecule has 0 aliphatic carbocycles. The van der Waals surface area contributed by atoms with E-state index in [2.05, 4.69) is 0 Å². The first-order valence-corrected chi connectivity index (χ1v) is 6.11. The second kappa shape index (κ2) is 10.5. The molecule has 4 atom stereocenters. The lowest BCUT2D eigenvalue weighted by atomic mass is 10.1. The van der Waals surface area contributed by atoms with Gasteiger partial charge in [-0.2, -0.15) is 0 Å². The minimum atomic E-state index is -1.27. The molecule has 0 radical (unpaired) electrons. The Morgan fingerprint density at radius 2 is 1.26 bits per heavy atom. The fourth-order valence-electron chi connectivity index (χ4n) is 1.49. The van der Waals surface area contributed by atoms with Gasteiger partial charge in [0.1, 0.15) is 12.2 Å². The fourth-order valence-corrected chi connectivity index (χ4v) is 1.49. The molecule has 0 aliphatic rings. The number of rotatable bonds is 11. The summed E-state index contributed by atoms with van der Waals surface area (Å²) in [4.78, 5) is 1.57. The van der Waals surface area contributed by atoms with Gasteiger partial charge in [0.2, 0.25) is 0 Å². The Balaban J connectivity index is 4.36. The van der Waals surface area contributed by atoms with Crippen LogP contribution in [-0.2, 0) is 4.74 Å². The van der Waals surface area contributed by atoms with E-state index in [4.69, 9.17) is 14.9 Å². The maximum atomic E-state index is 9.61. The maximum absolute atomic E-state index is 9.61. The zero-order valence-electron chi connectivity index (χ0n) is 11.1. The van der Waals surface area contributed by atoms with Crippen molar-refractivity contribution >= 4 is 0 Å². The Bertz CT molecular complexity index is 201. The van der Waals surface area contributed by atoms with E-state index < -0.39 is 37.6 Å². The molecule has 0 aromatic rings. The summed E-state index contributed by atoms with van der Waals surface area (Å²) in [6.45, 7) is -0.437. The van der Waals surface area contributed by atoms with Gasteiger partial charge in [0, 0.05) is 26.7 Å². The van der Waals surface area contributed by atoms with Crippen molar-refractivity contribution in [2.75, 3.05) is 46.6 Å². The maximum Gasteiger partial charge on any atom is 0.104 e. The van der Waals surface area contributed by atoms with E-state index in [0.717, 1.165) is 0 Å². The van der Waals surface area contributed by atoms with Crippen molar-refractivity contribution in [3.8, 4) is 0 Å². The standard InChI is InChI=1S/C11H25NO7/c1-19-3-2-12(4-8(15)10(17)6-13)5-9(16)11(18)7-14/h8-11,13-18H,2-7H2,1H3/t8-,9-,10+,11+/m0/s1. The van der Waals surface area contributed by atoms with Crippen LogP contribution in [0.1, 0.15) is 0 Å². The number of methoxy groups -OCH3 is 1. The van der Waals surface area contributed by atoms with Crippen molar-refractivity contribution in [1.29, 1.82) is 0 Å². The van der Waals surface area contributed by atoms with Crippen molar-refractivity contribution in [3.05, 3.63) is 0 Å². The van der Waals surface area contributed by atoms with Gasteiger partial charge in [-0.05, 0) is 0 Å². The second-order valence-corrected chi connectivity index (χ2v) is 4.39. The molecule has 0 heterocycles. The molecule has 0 saturated carbocycles. The number of aliphatic hydroxyl groups is 6. The highest BCUT2D eigenvalue weighted by Gasteiger charge is 2.23. The number of hydrogen-bond acceptors (Lipinski definition) is 8. The van der Waals surface area contributed by atoms with E-state index in [1.54, 1.807) is 4.90 Å². The molecule has 0 aromatic heterocycles. The van der Waals surface area contributed by atoms with Gasteiger partial charge < -0.3 is 35.4 Å². The second-order valence-electron chi connectivity index (χ2n) is 4.39. The number of nitrogens with zero attached hydrogens (tertiary/aromatic N) is 1. The lowest BCUT2D eigenvalue weighted by molar-refractivity contribution is -0.0564. The first-order chi connectivity index (χ1) is 8.96. The lowest BCUT2D eigenvalue weighted by Crippen LogP contribution is -2.47. The van der Waals surface area contributed by atoms with Crippen molar-refractivity contribution < 1.29 is 35.4 Å². The van der Waals surface area contributed by atoms with Crippen LogP contribution in [-0.4, -0.2) is 107 Å². The van der Waals surface area contributed by atoms with Gasteiger partial charge >= 0.3 is 0 Å². The molecule has 0 spiro atoms. The molecule has 8 nitrogen and oxygen atoms in total. The van der Waals surface area contributed by atoms with Crippen molar-refractivity contribution in [1.82, 2.24) is 4.90 Å². The summed E-state index contributed by atoms with van der Waals surface area (Å²) in [5.74, 6) is 0.